The predicted octanol–water partition coefficient (Wildman–Crippen LogP) is 1.60. The smallest absolute Gasteiger partial charge is 0.254 e. The van der Waals surface area contributed by atoms with Crippen molar-refractivity contribution < 1.29 is 23.1 Å². The van der Waals surface area contributed by atoms with Gasteiger partial charge in [0.1, 0.15) is 5.60 Å². The molecule has 2 aromatic rings. The molecular formula is C24H27N3O5S. The van der Waals surface area contributed by atoms with E-state index in [0.29, 0.717) is 44.6 Å². The lowest BCUT2D eigenvalue weighted by molar-refractivity contribution is -0.143. The Hall–Kier alpha value is -2.75. The Kier molecular flexibility index (Phi) is 5.50. The number of nitrogens with zero attached hydrogens (tertiary/aromatic N) is 2. The zero-order valence-corrected chi connectivity index (χ0v) is 19.1. The molecule has 1 saturated heterocycles. The molecule has 8 nitrogen and oxygen atoms in total. The molecular weight excluding hydrogens is 442 g/mol. The van der Waals surface area contributed by atoms with Gasteiger partial charge in [-0.3, -0.25) is 9.59 Å². The highest BCUT2D eigenvalue weighted by Gasteiger charge is 2.50. The summed E-state index contributed by atoms with van der Waals surface area (Å²) in [6.07, 6.45) is 2.79. The van der Waals surface area contributed by atoms with Gasteiger partial charge in [0, 0.05) is 37.8 Å². The normalized spacial score (nSPS) is 19.9. The molecule has 0 atom stereocenters. The zero-order valence-electron chi connectivity index (χ0n) is 18.2. The molecule has 1 heterocycles. The van der Waals surface area contributed by atoms with Crippen LogP contribution in [0, 0.1) is 0 Å². The highest BCUT2D eigenvalue weighted by Crippen LogP contribution is 2.37. The minimum absolute atomic E-state index is 0.0439. The van der Waals surface area contributed by atoms with Crippen LogP contribution in [-0.2, 0) is 14.8 Å². The SMILES string of the molecule is O=C(c1ccc(-c2cccc(S(=O)(=O)NC3CC3)c2)cc1)N1CCN(C(=O)C2(O)CC2)CC1. The van der Waals surface area contributed by atoms with Crippen LogP contribution < -0.4 is 4.72 Å². The summed E-state index contributed by atoms with van der Waals surface area (Å²) in [5, 5.41) is 10.0. The van der Waals surface area contributed by atoms with Crippen molar-refractivity contribution in [2.45, 2.75) is 42.2 Å². The van der Waals surface area contributed by atoms with E-state index in [1.54, 1.807) is 40.1 Å². The fraction of sp³-hybridized carbons (Fsp3) is 0.417. The van der Waals surface area contributed by atoms with Gasteiger partial charge in [-0.1, -0.05) is 24.3 Å². The molecule has 0 spiro atoms. The maximum Gasteiger partial charge on any atom is 0.254 e. The van der Waals surface area contributed by atoms with E-state index in [1.807, 2.05) is 18.2 Å². The second-order valence-electron chi connectivity index (χ2n) is 9.12. The van der Waals surface area contributed by atoms with Crippen LogP contribution in [0.2, 0.25) is 0 Å². The number of piperazine rings is 1. The molecule has 2 aromatic carbocycles. The largest absolute Gasteiger partial charge is 0.380 e. The number of amides is 2. The van der Waals surface area contributed by atoms with Crippen molar-refractivity contribution in [3.8, 4) is 11.1 Å². The molecule has 2 N–H and O–H groups in total. The summed E-state index contributed by atoms with van der Waals surface area (Å²) in [4.78, 5) is 28.8. The van der Waals surface area contributed by atoms with E-state index in [2.05, 4.69) is 4.72 Å². The molecule has 5 rings (SSSR count). The monoisotopic (exact) mass is 469 g/mol. The van der Waals surface area contributed by atoms with Gasteiger partial charge in [-0.2, -0.15) is 0 Å². The molecule has 2 aliphatic carbocycles. The number of hydrogen-bond acceptors (Lipinski definition) is 5. The summed E-state index contributed by atoms with van der Waals surface area (Å²) in [7, 11) is -3.53. The van der Waals surface area contributed by atoms with Crippen molar-refractivity contribution in [1.82, 2.24) is 14.5 Å². The summed E-state index contributed by atoms with van der Waals surface area (Å²) in [5.41, 5.74) is 0.950. The zero-order chi connectivity index (χ0) is 23.2. The van der Waals surface area contributed by atoms with Gasteiger partial charge in [0.2, 0.25) is 10.0 Å². The van der Waals surface area contributed by atoms with Crippen molar-refractivity contribution in [3.63, 3.8) is 0 Å². The molecule has 3 fully saturated rings. The average molecular weight is 470 g/mol. The summed E-state index contributed by atoms with van der Waals surface area (Å²) in [6, 6.07) is 13.9. The number of carbonyl (C=O) groups is 2. The third kappa shape index (κ3) is 4.66. The van der Waals surface area contributed by atoms with Crippen molar-refractivity contribution in [1.29, 1.82) is 0 Å². The first-order valence-corrected chi connectivity index (χ1v) is 12.8. The van der Waals surface area contributed by atoms with Crippen LogP contribution in [-0.4, -0.2) is 73.0 Å². The number of benzene rings is 2. The maximum atomic E-state index is 12.9. The van der Waals surface area contributed by atoms with E-state index in [9.17, 15) is 23.1 Å². The average Bonchev–Trinajstić information content (AvgIpc) is 3.77. The Morgan fingerprint density at radius 3 is 2.15 bits per heavy atom. The van der Waals surface area contributed by atoms with E-state index >= 15 is 0 Å². The summed E-state index contributed by atoms with van der Waals surface area (Å²) in [6.45, 7) is 1.69. The van der Waals surface area contributed by atoms with Gasteiger partial charge >= 0.3 is 0 Å². The highest BCUT2D eigenvalue weighted by atomic mass is 32.2. The molecule has 3 aliphatic rings. The number of hydrogen-bond donors (Lipinski definition) is 2. The van der Waals surface area contributed by atoms with Crippen molar-refractivity contribution in [2.24, 2.45) is 0 Å². The molecule has 0 radical (unpaired) electrons. The first kappa shape index (κ1) is 22.1. The fourth-order valence-electron chi connectivity index (χ4n) is 4.06. The Labute approximate surface area is 193 Å². The van der Waals surface area contributed by atoms with E-state index in [1.165, 1.54) is 0 Å². The van der Waals surface area contributed by atoms with E-state index in [-0.39, 0.29) is 22.8 Å². The van der Waals surface area contributed by atoms with E-state index in [0.717, 1.165) is 24.0 Å². The molecule has 9 heteroatoms. The van der Waals surface area contributed by atoms with Crippen molar-refractivity contribution in [2.75, 3.05) is 26.2 Å². The minimum atomic E-state index is -3.53. The Bertz CT molecular complexity index is 1180. The lowest BCUT2D eigenvalue weighted by Gasteiger charge is -2.35. The Balaban J connectivity index is 1.24. The van der Waals surface area contributed by atoms with Crippen LogP contribution in [0.25, 0.3) is 11.1 Å². The van der Waals surface area contributed by atoms with Crippen LogP contribution in [0.4, 0.5) is 0 Å². The second kappa shape index (κ2) is 8.23. The molecule has 0 bridgehead atoms. The highest BCUT2D eigenvalue weighted by molar-refractivity contribution is 7.89. The van der Waals surface area contributed by atoms with Crippen LogP contribution in [0.3, 0.4) is 0 Å². The number of aliphatic hydroxyl groups is 1. The van der Waals surface area contributed by atoms with E-state index < -0.39 is 15.6 Å². The number of sulfonamides is 1. The third-order valence-corrected chi connectivity index (χ3v) is 8.00. The topological polar surface area (TPSA) is 107 Å². The first-order valence-electron chi connectivity index (χ1n) is 11.3. The molecule has 2 amide bonds. The summed E-state index contributed by atoms with van der Waals surface area (Å²) < 4.78 is 27.7. The van der Waals surface area contributed by atoms with Gasteiger partial charge < -0.3 is 14.9 Å². The van der Waals surface area contributed by atoms with Crippen molar-refractivity contribution in [3.05, 3.63) is 54.1 Å². The summed E-state index contributed by atoms with van der Waals surface area (Å²) in [5.74, 6) is -0.334. The quantitative estimate of drug-likeness (QED) is 0.668. The number of rotatable bonds is 6. The third-order valence-electron chi connectivity index (χ3n) is 6.48. The van der Waals surface area contributed by atoms with Crippen LogP contribution in [0.15, 0.2) is 53.4 Å². The van der Waals surface area contributed by atoms with Crippen LogP contribution in [0.5, 0.6) is 0 Å². The van der Waals surface area contributed by atoms with Gasteiger partial charge in [-0.25, -0.2) is 13.1 Å². The minimum Gasteiger partial charge on any atom is -0.380 e. The molecule has 1 aliphatic heterocycles. The number of carbonyl (C=O) groups excluding carboxylic acids is 2. The summed E-state index contributed by atoms with van der Waals surface area (Å²) >= 11 is 0. The molecule has 2 saturated carbocycles. The van der Waals surface area contributed by atoms with Gasteiger partial charge in [-0.05, 0) is 61.1 Å². The van der Waals surface area contributed by atoms with Gasteiger partial charge in [0.25, 0.3) is 11.8 Å². The Morgan fingerprint density at radius 2 is 1.55 bits per heavy atom. The molecule has 33 heavy (non-hydrogen) atoms. The van der Waals surface area contributed by atoms with Gasteiger partial charge in [0.05, 0.1) is 4.90 Å². The van der Waals surface area contributed by atoms with Crippen molar-refractivity contribution >= 4 is 21.8 Å². The molecule has 174 valence electrons. The maximum absolute atomic E-state index is 12.9. The number of nitrogens with one attached hydrogen (secondary N) is 1. The lowest BCUT2D eigenvalue weighted by Crippen LogP contribution is -2.53. The fourth-order valence-corrected chi connectivity index (χ4v) is 5.41. The van der Waals surface area contributed by atoms with Gasteiger partial charge in [0.15, 0.2) is 0 Å². The van der Waals surface area contributed by atoms with Crippen LogP contribution in [0.1, 0.15) is 36.0 Å². The van der Waals surface area contributed by atoms with Crippen LogP contribution >= 0.6 is 0 Å². The first-order chi connectivity index (χ1) is 15.7. The lowest BCUT2D eigenvalue weighted by atomic mass is 10.0. The standard InChI is InChI=1S/C24H27N3O5S/c28-22(26-12-14-27(15-13-26)23(29)24(30)10-11-24)18-6-4-17(5-7-18)19-2-1-3-21(16-19)33(31,32)25-20-8-9-20/h1-7,16,20,25,30H,8-15H2. The van der Waals surface area contributed by atoms with E-state index in [4.69, 9.17) is 0 Å². The molecule has 0 unspecified atom stereocenters. The predicted molar refractivity (Wildman–Crippen MR) is 122 cm³/mol. The second-order valence-corrected chi connectivity index (χ2v) is 10.8. The van der Waals surface area contributed by atoms with Gasteiger partial charge in [-0.15, -0.1) is 0 Å². The molecule has 0 aromatic heterocycles. The Morgan fingerprint density at radius 1 is 0.909 bits per heavy atom.